The SMILES string of the molecule is CCOC(=O)C1CC(C)C(C)N1C(=O)Cc1c(C)cc(C)cc1C. The third kappa shape index (κ3) is 3.63. The van der Waals surface area contributed by atoms with Crippen LogP contribution in [0, 0.1) is 26.7 Å². The van der Waals surface area contributed by atoms with Crippen molar-refractivity contribution in [1.29, 1.82) is 0 Å². The van der Waals surface area contributed by atoms with E-state index in [0.29, 0.717) is 25.4 Å². The van der Waals surface area contributed by atoms with Gasteiger partial charge in [0.25, 0.3) is 0 Å². The molecule has 2 rings (SSSR count). The van der Waals surface area contributed by atoms with E-state index in [1.54, 1.807) is 11.8 Å². The Labute approximate surface area is 145 Å². The third-order valence-corrected chi connectivity index (χ3v) is 5.21. The Bertz CT molecular complexity index is 615. The number of carbonyl (C=O) groups excluding carboxylic acids is 2. The average Bonchev–Trinajstić information content (AvgIpc) is 2.79. The fraction of sp³-hybridized carbons (Fsp3) is 0.600. The van der Waals surface area contributed by atoms with E-state index in [-0.39, 0.29) is 17.9 Å². The summed E-state index contributed by atoms with van der Waals surface area (Å²) in [7, 11) is 0. The molecule has 3 atom stereocenters. The molecule has 1 saturated heterocycles. The number of aryl methyl sites for hydroxylation is 3. The van der Waals surface area contributed by atoms with Crippen LogP contribution in [0.1, 0.15) is 49.4 Å². The summed E-state index contributed by atoms with van der Waals surface area (Å²) in [5.74, 6) is 0.0305. The normalized spacial score (nSPS) is 23.4. The van der Waals surface area contributed by atoms with Crippen LogP contribution in [0.25, 0.3) is 0 Å². The van der Waals surface area contributed by atoms with Crippen molar-refractivity contribution in [2.75, 3.05) is 6.61 Å². The first-order valence-electron chi connectivity index (χ1n) is 8.80. The second-order valence-electron chi connectivity index (χ2n) is 7.08. The predicted octanol–water partition coefficient (Wildman–Crippen LogP) is 3.34. The Morgan fingerprint density at radius 2 is 1.75 bits per heavy atom. The summed E-state index contributed by atoms with van der Waals surface area (Å²) >= 11 is 0. The maximum Gasteiger partial charge on any atom is 0.328 e. The summed E-state index contributed by atoms with van der Waals surface area (Å²) in [6.45, 7) is 12.4. The standard InChI is InChI=1S/C20H29NO3/c1-7-24-20(23)18-10-13(3)16(6)21(18)19(22)11-17-14(4)8-12(2)9-15(17)5/h8-9,13,16,18H,7,10-11H2,1-6H3. The molecule has 1 aromatic carbocycles. The Morgan fingerprint density at radius 1 is 1.17 bits per heavy atom. The number of rotatable bonds is 4. The van der Waals surface area contributed by atoms with Crippen molar-refractivity contribution >= 4 is 11.9 Å². The van der Waals surface area contributed by atoms with Crippen molar-refractivity contribution in [1.82, 2.24) is 4.90 Å². The molecule has 3 unspecified atom stereocenters. The van der Waals surface area contributed by atoms with E-state index in [4.69, 9.17) is 4.74 Å². The van der Waals surface area contributed by atoms with Gasteiger partial charge >= 0.3 is 5.97 Å². The molecule has 1 heterocycles. The Hall–Kier alpha value is -1.84. The summed E-state index contributed by atoms with van der Waals surface area (Å²) in [6, 6.07) is 3.81. The van der Waals surface area contributed by atoms with Crippen LogP contribution < -0.4 is 0 Å². The highest BCUT2D eigenvalue weighted by Crippen LogP contribution is 2.31. The fourth-order valence-corrected chi connectivity index (χ4v) is 3.80. The first-order valence-corrected chi connectivity index (χ1v) is 8.80. The molecule has 1 aromatic rings. The van der Waals surface area contributed by atoms with Crippen LogP contribution >= 0.6 is 0 Å². The molecule has 4 nitrogen and oxygen atoms in total. The number of esters is 1. The van der Waals surface area contributed by atoms with Gasteiger partial charge in [-0.1, -0.05) is 24.6 Å². The molecule has 1 amide bonds. The molecular weight excluding hydrogens is 302 g/mol. The highest BCUT2D eigenvalue weighted by Gasteiger charge is 2.43. The fourth-order valence-electron chi connectivity index (χ4n) is 3.80. The van der Waals surface area contributed by atoms with Crippen LogP contribution in [0.15, 0.2) is 12.1 Å². The summed E-state index contributed by atoms with van der Waals surface area (Å²) < 4.78 is 5.18. The molecule has 0 bridgehead atoms. The Balaban J connectivity index is 2.25. The van der Waals surface area contributed by atoms with Crippen LogP contribution in [0.5, 0.6) is 0 Å². The topological polar surface area (TPSA) is 46.6 Å². The number of hydrogen-bond donors (Lipinski definition) is 0. The zero-order valence-electron chi connectivity index (χ0n) is 15.7. The molecule has 0 radical (unpaired) electrons. The Morgan fingerprint density at radius 3 is 2.29 bits per heavy atom. The molecule has 1 aliphatic rings. The van der Waals surface area contributed by atoms with E-state index in [9.17, 15) is 9.59 Å². The molecule has 1 aliphatic heterocycles. The number of amides is 1. The lowest BCUT2D eigenvalue weighted by molar-refractivity contribution is -0.153. The lowest BCUT2D eigenvalue weighted by Gasteiger charge is -2.28. The third-order valence-electron chi connectivity index (χ3n) is 5.21. The largest absolute Gasteiger partial charge is 0.464 e. The molecule has 132 valence electrons. The molecular formula is C20H29NO3. The smallest absolute Gasteiger partial charge is 0.328 e. The molecule has 0 saturated carbocycles. The number of carbonyl (C=O) groups is 2. The van der Waals surface area contributed by atoms with E-state index < -0.39 is 6.04 Å². The first-order chi connectivity index (χ1) is 11.3. The lowest BCUT2D eigenvalue weighted by Crippen LogP contribution is -2.45. The number of hydrogen-bond acceptors (Lipinski definition) is 3. The van der Waals surface area contributed by atoms with E-state index in [1.807, 2.05) is 20.8 Å². The second-order valence-corrected chi connectivity index (χ2v) is 7.08. The van der Waals surface area contributed by atoms with Crippen molar-refractivity contribution < 1.29 is 14.3 Å². The summed E-state index contributed by atoms with van der Waals surface area (Å²) in [5, 5.41) is 0. The van der Waals surface area contributed by atoms with Gasteiger partial charge in [0.1, 0.15) is 6.04 Å². The number of ether oxygens (including phenoxy) is 1. The van der Waals surface area contributed by atoms with Crippen molar-refractivity contribution in [3.63, 3.8) is 0 Å². The minimum atomic E-state index is -0.450. The minimum Gasteiger partial charge on any atom is -0.464 e. The van der Waals surface area contributed by atoms with Crippen LogP contribution in [0.4, 0.5) is 0 Å². The summed E-state index contributed by atoms with van der Waals surface area (Å²) in [5.41, 5.74) is 4.54. The number of benzene rings is 1. The van der Waals surface area contributed by atoms with Crippen LogP contribution in [-0.4, -0.2) is 35.5 Å². The van der Waals surface area contributed by atoms with Gasteiger partial charge in [-0.2, -0.15) is 0 Å². The van der Waals surface area contributed by atoms with E-state index in [0.717, 1.165) is 16.7 Å². The van der Waals surface area contributed by atoms with Gasteiger partial charge in [-0.25, -0.2) is 4.79 Å². The van der Waals surface area contributed by atoms with E-state index in [1.165, 1.54) is 5.56 Å². The van der Waals surface area contributed by atoms with Crippen molar-refractivity contribution in [2.24, 2.45) is 5.92 Å². The highest BCUT2D eigenvalue weighted by atomic mass is 16.5. The molecule has 0 aromatic heterocycles. The van der Waals surface area contributed by atoms with Gasteiger partial charge in [-0.05, 0) is 63.6 Å². The average molecular weight is 331 g/mol. The highest BCUT2D eigenvalue weighted by molar-refractivity contribution is 5.87. The van der Waals surface area contributed by atoms with E-state index >= 15 is 0 Å². The van der Waals surface area contributed by atoms with Crippen LogP contribution in [-0.2, 0) is 20.7 Å². The molecule has 1 fully saturated rings. The molecule has 4 heteroatoms. The number of likely N-dealkylation sites (tertiary alicyclic amines) is 1. The predicted molar refractivity (Wildman–Crippen MR) is 94.9 cm³/mol. The van der Waals surface area contributed by atoms with Crippen LogP contribution in [0.2, 0.25) is 0 Å². The van der Waals surface area contributed by atoms with E-state index in [2.05, 4.69) is 26.0 Å². The van der Waals surface area contributed by atoms with Crippen molar-refractivity contribution in [3.05, 3.63) is 34.4 Å². The minimum absolute atomic E-state index is 0.0138. The molecule has 0 N–H and O–H groups in total. The van der Waals surface area contributed by atoms with Gasteiger partial charge < -0.3 is 9.64 Å². The monoisotopic (exact) mass is 331 g/mol. The van der Waals surface area contributed by atoms with Gasteiger partial charge in [-0.15, -0.1) is 0 Å². The van der Waals surface area contributed by atoms with Gasteiger partial charge in [0.2, 0.25) is 5.91 Å². The number of nitrogens with zero attached hydrogens (tertiary/aromatic N) is 1. The summed E-state index contributed by atoms with van der Waals surface area (Å²) in [6.07, 6.45) is 1.02. The maximum absolute atomic E-state index is 13.0. The van der Waals surface area contributed by atoms with Crippen molar-refractivity contribution in [3.8, 4) is 0 Å². The molecule has 24 heavy (non-hydrogen) atoms. The zero-order chi connectivity index (χ0) is 18.0. The van der Waals surface area contributed by atoms with Crippen LogP contribution in [0.3, 0.4) is 0 Å². The molecule has 0 spiro atoms. The second kappa shape index (κ2) is 7.37. The van der Waals surface area contributed by atoms with Gasteiger partial charge in [0.15, 0.2) is 0 Å². The zero-order valence-corrected chi connectivity index (χ0v) is 15.7. The molecule has 0 aliphatic carbocycles. The first kappa shape index (κ1) is 18.5. The summed E-state index contributed by atoms with van der Waals surface area (Å²) in [4.78, 5) is 27.0. The Kier molecular flexibility index (Phi) is 5.68. The van der Waals surface area contributed by atoms with Gasteiger partial charge in [0, 0.05) is 6.04 Å². The van der Waals surface area contributed by atoms with Gasteiger partial charge in [0.05, 0.1) is 13.0 Å². The lowest BCUT2D eigenvalue weighted by atomic mass is 9.96. The van der Waals surface area contributed by atoms with Gasteiger partial charge in [-0.3, -0.25) is 4.79 Å². The maximum atomic E-state index is 13.0. The van der Waals surface area contributed by atoms with Crippen molar-refractivity contribution in [2.45, 2.75) is 66.5 Å². The quantitative estimate of drug-likeness (QED) is 0.795.